The Morgan fingerprint density at radius 3 is 2.50 bits per heavy atom. The summed E-state index contributed by atoms with van der Waals surface area (Å²) < 4.78 is 5.19. The lowest BCUT2D eigenvalue weighted by molar-refractivity contribution is -0.144. The minimum atomic E-state index is -0.318. The largest absolute Gasteiger partial charge is 0.464 e. The fourth-order valence-corrected chi connectivity index (χ4v) is 1.76. The summed E-state index contributed by atoms with van der Waals surface area (Å²) in [5.74, 6) is -0.189. The Hall–Kier alpha value is -1.51. The molecule has 18 heavy (non-hydrogen) atoms. The standard InChI is InChI=1S/C15H23NO2/c1-5-6-10-18-15(17)13(4)16-14-11(2)8-7-9-12(14)3/h7-9,13,16H,5-6,10H2,1-4H3/t13-/m0/s1. The first kappa shape index (κ1) is 14.6. The van der Waals surface area contributed by atoms with Crippen molar-refractivity contribution in [2.24, 2.45) is 0 Å². The Balaban J connectivity index is 2.58. The van der Waals surface area contributed by atoms with Gasteiger partial charge in [0.1, 0.15) is 6.04 Å². The number of esters is 1. The molecule has 0 spiro atoms. The minimum absolute atomic E-state index is 0.189. The van der Waals surface area contributed by atoms with Crippen molar-refractivity contribution in [3.63, 3.8) is 0 Å². The van der Waals surface area contributed by atoms with Crippen LogP contribution in [0.3, 0.4) is 0 Å². The molecule has 0 aliphatic rings. The van der Waals surface area contributed by atoms with Gasteiger partial charge >= 0.3 is 5.97 Å². The summed E-state index contributed by atoms with van der Waals surface area (Å²) in [6.45, 7) is 8.48. The van der Waals surface area contributed by atoms with Crippen molar-refractivity contribution >= 4 is 11.7 Å². The zero-order valence-corrected chi connectivity index (χ0v) is 11.7. The third-order valence-corrected chi connectivity index (χ3v) is 2.94. The zero-order valence-electron chi connectivity index (χ0n) is 11.7. The van der Waals surface area contributed by atoms with Gasteiger partial charge in [-0.05, 0) is 38.3 Å². The number of hydrogen-bond donors (Lipinski definition) is 1. The molecule has 0 saturated heterocycles. The van der Waals surface area contributed by atoms with Crippen molar-refractivity contribution < 1.29 is 9.53 Å². The second-order valence-corrected chi connectivity index (χ2v) is 4.65. The SMILES string of the molecule is CCCCOC(=O)[C@H](C)Nc1c(C)cccc1C. The van der Waals surface area contributed by atoms with E-state index in [9.17, 15) is 4.79 Å². The van der Waals surface area contributed by atoms with Gasteiger partial charge in [0.25, 0.3) is 0 Å². The highest BCUT2D eigenvalue weighted by Crippen LogP contribution is 2.20. The molecule has 0 unspecified atom stereocenters. The van der Waals surface area contributed by atoms with Crippen molar-refractivity contribution in [2.45, 2.75) is 46.6 Å². The number of hydrogen-bond acceptors (Lipinski definition) is 3. The molecule has 0 aromatic heterocycles. The Kier molecular flexibility index (Phi) is 5.69. The van der Waals surface area contributed by atoms with Crippen LogP contribution in [0.5, 0.6) is 0 Å². The molecule has 0 aliphatic heterocycles. The molecule has 3 heteroatoms. The van der Waals surface area contributed by atoms with Gasteiger partial charge in [0, 0.05) is 5.69 Å². The summed E-state index contributed by atoms with van der Waals surface area (Å²) in [5.41, 5.74) is 3.31. The number of aryl methyl sites for hydroxylation is 2. The van der Waals surface area contributed by atoms with Crippen LogP contribution in [-0.4, -0.2) is 18.6 Å². The first-order valence-corrected chi connectivity index (χ1v) is 6.55. The van der Waals surface area contributed by atoms with Gasteiger partial charge in [0.2, 0.25) is 0 Å². The third kappa shape index (κ3) is 4.06. The molecular formula is C15H23NO2. The van der Waals surface area contributed by atoms with Crippen LogP contribution >= 0.6 is 0 Å². The van der Waals surface area contributed by atoms with Crippen LogP contribution in [0.15, 0.2) is 18.2 Å². The van der Waals surface area contributed by atoms with Crippen molar-refractivity contribution in [3.05, 3.63) is 29.3 Å². The first-order chi connectivity index (χ1) is 8.56. The number of carbonyl (C=O) groups excluding carboxylic acids is 1. The quantitative estimate of drug-likeness (QED) is 0.620. The summed E-state index contributed by atoms with van der Waals surface area (Å²) in [4.78, 5) is 11.8. The predicted molar refractivity (Wildman–Crippen MR) is 74.9 cm³/mol. The lowest BCUT2D eigenvalue weighted by Gasteiger charge is -2.18. The number of nitrogens with one attached hydrogen (secondary N) is 1. The topological polar surface area (TPSA) is 38.3 Å². The van der Waals surface area contributed by atoms with Crippen LogP contribution in [-0.2, 0) is 9.53 Å². The van der Waals surface area contributed by atoms with Crippen molar-refractivity contribution in [3.8, 4) is 0 Å². The number of benzene rings is 1. The number of unbranched alkanes of at least 4 members (excludes halogenated alkanes) is 1. The molecule has 0 saturated carbocycles. The van der Waals surface area contributed by atoms with Crippen LogP contribution in [0, 0.1) is 13.8 Å². The van der Waals surface area contributed by atoms with E-state index in [4.69, 9.17) is 4.74 Å². The minimum Gasteiger partial charge on any atom is -0.464 e. The maximum absolute atomic E-state index is 11.8. The average molecular weight is 249 g/mol. The molecule has 1 N–H and O–H groups in total. The molecule has 1 aromatic carbocycles. The third-order valence-electron chi connectivity index (χ3n) is 2.94. The molecule has 100 valence electrons. The Bertz CT molecular complexity index is 381. The molecule has 1 atom stereocenters. The van der Waals surface area contributed by atoms with E-state index in [1.54, 1.807) is 0 Å². The number of carbonyl (C=O) groups is 1. The van der Waals surface area contributed by atoms with Gasteiger partial charge in [-0.3, -0.25) is 0 Å². The summed E-state index contributed by atoms with van der Waals surface area (Å²) in [5, 5.41) is 3.23. The van der Waals surface area contributed by atoms with Gasteiger partial charge in [-0.25, -0.2) is 4.79 Å². The molecule has 0 radical (unpaired) electrons. The van der Waals surface area contributed by atoms with E-state index in [1.165, 1.54) is 0 Å². The second-order valence-electron chi connectivity index (χ2n) is 4.65. The Morgan fingerprint density at radius 2 is 1.94 bits per heavy atom. The average Bonchev–Trinajstić information content (AvgIpc) is 2.34. The Morgan fingerprint density at radius 1 is 1.33 bits per heavy atom. The van der Waals surface area contributed by atoms with E-state index in [0.717, 1.165) is 29.7 Å². The van der Waals surface area contributed by atoms with Gasteiger partial charge < -0.3 is 10.1 Å². The number of para-hydroxylation sites is 1. The second kappa shape index (κ2) is 7.04. The van der Waals surface area contributed by atoms with Gasteiger partial charge in [0.05, 0.1) is 6.61 Å². The van der Waals surface area contributed by atoms with E-state index in [-0.39, 0.29) is 12.0 Å². The smallest absolute Gasteiger partial charge is 0.328 e. The predicted octanol–water partition coefficient (Wildman–Crippen LogP) is 3.45. The summed E-state index contributed by atoms with van der Waals surface area (Å²) in [6, 6.07) is 5.76. The number of anilines is 1. The number of ether oxygens (including phenoxy) is 1. The van der Waals surface area contributed by atoms with E-state index in [0.29, 0.717) is 6.61 Å². The number of rotatable bonds is 6. The monoisotopic (exact) mass is 249 g/mol. The lowest BCUT2D eigenvalue weighted by atomic mass is 10.1. The fraction of sp³-hybridized carbons (Fsp3) is 0.533. The molecule has 0 fully saturated rings. The fourth-order valence-electron chi connectivity index (χ4n) is 1.76. The van der Waals surface area contributed by atoms with E-state index >= 15 is 0 Å². The van der Waals surface area contributed by atoms with E-state index in [2.05, 4.69) is 12.2 Å². The van der Waals surface area contributed by atoms with E-state index < -0.39 is 0 Å². The van der Waals surface area contributed by atoms with Gasteiger partial charge in [0.15, 0.2) is 0 Å². The molecular weight excluding hydrogens is 226 g/mol. The summed E-state index contributed by atoms with van der Waals surface area (Å²) >= 11 is 0. The molecule has 0 heterocycles. The highest BCUT2D eigenvalue weighted by molar-refractivity contribution is 5.79. The molecule has 1 aromatic rings. The summed E-state index contributed by atoms with van der Waals surface area (Å²) in [7, 11) is 0. The van der Waals surface area contributed by atoms with Gasteiger partial charge in [-0.1, -0.05) is 31.5 Å². The van der Waals surface area contributed by atoms with Crippen LogP contribution in [0.1, 0.15) is 37.8 Å². The molecule has 0 bridgehead atoms. The van der Waals surface area contributed by atoms with Crippen molar-refractivity contribution in [1.82, 2.24) is 0 Å². The highest BCUT2D eigenvalue weighted by atomic mass is 16.5. The molecule has 0 amide bonds. The van der Waals surface area contributed by atoms with Crippen LogP contribution in [0.4, 0.5) is 5.69 Å². The van der Waals surface area contributed by atoms with Crippen molar-refractivity contribution in [2.75, 3.05) is 11.9 Å². The van der Waals surface area contributed by atoms with Crippen LogP contribution in [0.2, 0.25) is 0 Å². The van der Waals surface area contributed by atoms with Crippen LogP contribution in [0.25, 0.3) is 0 Å². The normalized spacial score (nSPS) is 12.0. The van der Waals surface area contributed by atoms with Crippen molar-refractivity contribution in [1.29, 1.82) is 0 Å². The Labute approximate surface area is 110 Å². The zero-order chi connectivity index (χ0) is 13.5. The van der Waals surface area contributed by atoms with Gasteiger partial charge in [-0.2, -0.15) is 0 Å². The summed E-state index contributed by atoms with van der Waals surface area (Å²) in [6.07, 6.45) is 1.95. The van der Waals surface area contributed by atoms with Crippen LogP contribution < -0.4 is 5.32 Å². The lowest BCUT2D eigenvalue weighted by Crippen LogP contribution is -2.29. The maximum Gasteiger partial charge on any atom is 0.328 e. The first-order valence-electron chi connectivity index (χ1n) is 6.55. The molecule has 1 rings (SSSR count). The highest BCUT2D eigenvalue weighted by Gasteiger charge is 2.15. The molecule has 3 nitrogen and oxygen atoms in total. The maximum atomic E-state index is 11.8. The van der Waals surface area contributed by atoms with Gasteiger partial charge in [-0.15, -0.1) is 0 Å². The molecule has 0 aliphatic carbocycles. The van der Waals surface area contributed by atoms with E-state index in [1.807, 2.05) is 39.0 Å².